The number of benzene rings is 1. The van der Waals surface area contributed by atoms with Gasteiger partial charge in [-0.2, -0.15) is 0 Å². The third kappa shape index (κ3) is 4.03. The lowest BCUT2D eigenvalue weighted by atomic mass is 9.81. The fourth-order valence-electron chi connectivity index (χ4n) is 4.88. The number of carbonyl (C=O) groups excluding carboxylic acids is 1. The van der Waals surface area contributed by atoms with Gasteiger partial charge in [0.15, 0.2) is 5.78 Å². The summed E-state index contributed by atoms with van der Waals surface area (Å²) in [4.78, 5) is 26.2. The standard InChI is InChI=1S/C25H30O4/c1-15(2)14-18-10-6-7-11-19(26)21-23(27)22(25(28)29-24(18)21)20(17-12-13-17)16-8-4-3-5-9-16/h3-5,8-9,15,17-18,20,27H,6-7,10-14H2,1-2H3. The van der Waals surface area contributed by atoms with Crippen molar-refractivity contribution in [1.82, 2.24) is 0 Å². The van der Waals surface area contributed by atoms with E-state index < -0.39 is 5.63 Å². The van der Waals surface area contributed by atoms with E-state index >= 15 is 0 Å². The lowest BCUT2D eigenvalue weighted by Gasteiger charge is -2.25. The first-order chi connectivity index (χ1) is 14.0. The first-order valence-electron chi connectivity index (χ1n) is 10.9. The summed E-state index contributed by atoms with van der Waals surface area (Å²) in [5.41, 5.74) is 1.06. The molecule has 0 spiro atoms. The Bertz CT molecular complexity index is 937. The second-order valence-electron chi connectivity index (χ2n) is 9.11. The summed E-state index contributed by atoms with van der Waals surface area (Å²) in [5.74, 6) is 0.684. The van der Waals surface area contributed by atoms with Crippen molar-refractivity contribution in [3.63, 3.8) is 0 Å². The van der Waals surface area contributed by atoms with Crippen LogP contribution in [0, 0.1) is 11.8 Å². The van der Waals surface area contributed by atoms with Gasteiger partial charge < -0.3 is 9.52 Å². The van der Waals surface area contributed by atoms with Crippen LogP contribution < -0.4 is 5.63 Å². The Morgan fingerprint density at radius 1 is 1.07 bits per heavy atom. The molecule has 1 saturated carbocycles. The predicted octanol–water partition coefficient (Wildman–Crippen LogP) is 5.77. The van der Waals surface area contributed by atoms with Crippen molar-refractivity contribution >= 4 is 5.78 Å². The van der Waals surface area contributed by atoms with E-state index in [0.29, 0.717) is 24.0 Å². The highest BCUT2D eigenvalue weighted by Crippen LogP contribution is 2.49. The number of hydrogen-bond donors (Lipinski definition) is 1. The van der Waals surface area contributed by atoms with Gasteiger partial charge in [0.05, 0.1) is 11.1 Å². The Morgan fingerprint density at radius 3 is 2.45 bits per heavy atom. The van der Waals surface area contributed by atoms with Gasteiger partial charge in [-0.05, 0) is 49.5 Å². The number of ketones is 1. The maximum atomic E-state index is 13.2. The Morgan fingerprint density at radius 2 is 1.79 bits per heavy atom. The summed E-state index contributed by atoms with van der Waals surface area (Å²) in [6.45, 7) is 4.26. The molecule has 1 fully saturated rings. The average Bonchev–Trinajstić information content (AvgIpc) is 3.51. The van der Waals surface area contributed by atoms with E-state index in [-0.39, 0.29) is 34.5 Å². The molecule has 0 bridgehead atoms. The van der Waals surface area contributed by atoms with Crippen LogP contribution in [0.5, 0.6) is 5.75 Å². The van der Waals surface area contributed by atoms with Crippen LogP contribution in [0.15, 0.2) is 39.5 Å². The van der Waals surface area contributed by atoms with E-state index in [0.717, 1.165) is 44.1 Å². The average molecular weight is 395 g/mol. The van der Waals surface area contributed by atoms with E-state index in [9.17, 15) is 14.7 Å². The van der Waals surface area contributed by atoms with Crippen LogP contribution in [-0.2, 0) is 0 Å². The fourth-order valence-corrected chi connectivity index (χ4v) is 4.88. The van der Waals surface area contributed by atoms with Gasteiger partial charge >= 0.3 is 5.63 Å². The van der Waals surface area contributed by atoms with Gasteiger partial charge in [-0.25, -0.2) is 4.79 Å². The van der Waals surface area contributed by atoms with Crippen LogP contribution in [-0.4, -0.2) is 10.9 Å². The number of hydrogen-bond acceptors (Lipinski definition) is 4. The smallest absolute Gasteiger partial charge is 0.343 e. The Kier molecular flexibility index (Phi) is 5.62. The maximum absolute atomic E-state index is 13.2. The highest BCUT2D eigenvalue weighted by Gasteiger charge is 2.40. The molecule has 4 nitrogen and oxygen atoms in total. The Labute approximate surface area is 172 Å². The summed E-state index contributed by atoms with van der Waals surface area (Å²) in [6, 6.07) is 9.81. The Balaban J connectivity index is 1.89. The normalized spacial score (nSPS) is 20.8. The monoisotopic (exact) mass is 394 g/mol. The molecule has 29 heavy (non-hydrogen) atoms. The van der Waals surface area contributed by atoms with Crippen LogP contribution >= 0.6 is 0 Å². The molecule has 0 saturated heterocycles. The van der Waals surface area contributed by atoms with Crippen LogP contribution in [0.4, 0.5) is 0 Å². The van der Waals surface area contributed by atoms with Crippen molar-refractivity contribution < 1.29 is 14.3 Å². The van der Waals surface area contributed by atoms with Crippen LogP contribution in [0.1, 0.15) is 97.9 Å². The summed E-state index contributed by atoms with van der Waals surface area (Å²) in [7, 11) is 0. The largest absolute Gasteiger partial charge is 0.506 e. The van der Waals surface area contributed by atoms with Gasteiger partial charge in [0.25, 0.3) is 0 Å². The second-order valence-corrected chi connectivity index (χ2v) is 9.11. The SMILES string of the molecule is CC(C)CC1CCCCC(=O)c2c1oc(=O)c(C(c1ccccc1)C1CC1)c2O. The van der Waals surface area contributed by atoms with E-state index in [1.165, 1.54) is 0 Å². The summed E-state index contributed by atoms with van der Waals surface area (Å²) in [5, 5.41) is 11.3. The predicted molar refractivity (Wildman–Crippen MR) is 113 cm³/mol. The summed E-state index contributed by atoms with van der Waals surface area (Å²) in [6.07, 6.45) is 5.88. The van der Waals surface area contributed by atoms with Crippen LogP contribution in [0.3, 0.4) is 0 Å². The molecular formula is C25H30O4. The number of fused-ring (bicyclic) bond motifs is 1. The highest BCUT2D eigenvalue weighted by molar-refractivity contribution is 6.00. The van der Waals surface area contributed by atoms with E-state index in [4.69, 9.17) is 4.42 Å². The van der Waals surface area contributed by atoms with Gasteiger partial charge in [-0.1, -0.05) is 50.6 Å². The number of carbonyl (C=O) groups is 1. The van der Waals surface area contributed by atoms with E-state index in [1.807, 2.05) is 30.3 Å². The fraction of sp³-hybridized carbons (Fsp3) is 0.520. The van der Waals surface area contributed by atoms with Crippen molar-refractivity contribution in [3.05, 3.63) is 63.2 Å². The zero-order valence-corrected chi connectivity index (χ0v) is 17.3. The number of Topliss-reactive ketones (excluding diaryl/α,β-unsaturated/α-hetero) is 1. The minimum atomic E-state index is -0.482. The number of aromatic hydroxyl groups is 1. The van der Waals surface area contributed by atoms with Gasteiger partial charge in [0.1, 0.15) is 11.5 Å². The van der Waals surface area contributed by atoms with E-state index in [2.05, 4.69) is 13.8 Å². The molecule has 1 heterocycles. The van der Waals surface area contributed by atoms with Crippen LogP contribution in [0.2, 0.25) is 0 Å². The minimum Gasteiger partial charge on any atom is -0.506 e. The van der Waals surface area contributed by atoms with Crippen molar-refractivity contribution in [2.75, 3.05) is 0 Å². The lowest BCUT2D eigenvalue weighted by Crippen LogP contribution is -2.22. The van der Waals surface area contributed by atoms with Crippen molar-refractivity contribution in [1.29, 1.82) is 0 Å². The minimum absolute atomic E-state index is 0.00185. The zero-order chi connectivity index (χ0) is 20.5. The molecule has 2 aromatic rings. The quantitative estimate of drug-likeness (QED) is 0.699. The Hall–Kier alpha value is -2.36. The molecule has 2 unspecified atom stereocenters. The molecule has 2 aliphatic carbocycles. The van der Waals surface area contributed by atoms with Gasteiger partial charge in [-0.3, -0.25) is 4.79 Å². The topological polar surface area (TPSA) is 67.5 Å². The second kappa shape index (κ2) is 8.17. The summed E-state index contributed by atoms with van der Waals surface area (Å²) < 4.78 is 5.88. The third-order valence-corrected chi connectivity index (χ3v) is 6.34. The molecule has 0 aliphatic heterocycles. The van der Waals surface area contributed by atoms with Crippen molar-refractivity contribution in [2.24, 2.45) is 11.8 Å². The van der Waals surface area contributed by atoms with Gasteiger partial charge in [0.2, 0.25) is 0 Å². The first-order valence-corrected chi connectivity index (χ1v) is 10.9. The van der Waals surface area contributed by atoms with Crippen LogP contribution in [0.25, 0.3) is 0 Å². The molecule has 0 radical (unpaired) electrons. The zero-order valence-electron chi connectivity index (χ0n) is 17.3. The van der Waals surface area contributed by atoms with Crippen molar-refractivity contribution in [2.45, 2.75) is 70.6 Å². The third-order valence-electron chi connectivity index (χ3n) is 6.34. The molecule has 4 heteroatoms. The maximum Gasteiger partial charge on any atom is 0.343 e. The molecule has 0 amide bonds. The van der Waals surface area contributed by atoms with Gasteiger partial charge in [-0.15, -0.1) is 0 Å². The van der Waals surface area contributed by atoms with Gasteiger partial charge in [0, 0.05) is 18.3 Å². The molecule has 1 aromatic carbocycles. The van der Waals surface area contributed by atoms with E-state index in [1.54, 1.807) is 0 Å². The molecular weight excluding hydrogens is 364 g/mol. The first kappa shape index (κ1) is 19.9. The van der Waals surface area contributed by atoms with Crippen molar-refractivity contribution in [3.8, 4) is 5.75 Å². The number of rotatable bonds is 5. The molecule has 2 aliphatic rings. The molecule has 1 N–H and O–H groups in total. The molecule has 1 aromatic heterocycles. The highest BCUT2D eigenvalue weighted by atomic mass is 16.4. The molecule has 4 rings (SSSR count). The summed E-state index contributed by atoms with van der Waals surface area (Å²) >= 11 is 0. The lowest BCUT2D eigenvalue weighted by molar-refractivity contribution is 0.0965. The molecule has 154 valence electrons. The molecule has 2 atom stereocenters.